The molecule has 9 heteroatoms. The molecule has 2 aromatic carbocycles. The van der Waals surface area contributed by atoms with Crippen LogP contribution in [0, 0.1) is 12.7 Å². The highest BCUT2D eigenvalue weighted by Gasteiger charge is 2.30. The highest BCUT2D eigenvalue weighted by atomic mass is 19.4. The summed E-state index contributed by atoms with van der Waals surface area (Å²) in [6, 6.07) is 12.3. The monoisotopic (exact) mass is 393 g/mol. The minimum Gasteiger partial charge on any atom is -0.406 e. The molecule has 0 aliphatic carbocycles. The van der Waals surface area contributed by atoms with E-state index in [0.29, 0.717) is 22.8 Å². The summed E-state index contributed by atoms with van der Waals surface area (Å²) in [7, 11) is 0. The molecule has 28 heavy (non-hydrogen) atoms. The number of alkyl halides is 3. The van der Waals surface area contributed by atoms with E-state index >= 15 is 0 Å². The van der Waals surface area contributed by atoms with E-state index in [1.54, 1.807) is 13.0 Å². The lowest BCUT2D eigenvalue weighted by molar-refractivity contribution is -0.274. The molecule has 0 spiro atoms. The molecular weight excluding hydrogens is 378 g/mol. The molecule has 1 aromatic heterocycles. The van der Waals surface area contributed by atoms with Crippen LogP contribution in [-0.2, 0) is 11.2 Å². The van der Waals surface area contributed by atoms with Gasteiger partial charge >= 0.3 is 6.36 Å². The van der Waals surface area contributed by atoms with Crippen LogP contribution in [-0.4, -0.2) is 22.1 Å². The van der Waals surface area contributed by atoms with Gasteiger partial charge < -0.3 is 10.1 Å². The first kappa shape index (κ1) is 19.4. The number of ether oxygens (including phenoxy) is 1. The highest BCUT2D eigenvalue weighted by molar-refractivity contribution is 5.91. The second-order valence-electron chi connectivity index (χ2n) is 5.98. The third kappa shape index (κ3) is 5.09. The smallest absolute Gasteiger partial charge is 0.406 e. The van der Waals surface area contributed by atoms with Gasteiger partial charge in [0.15, 0.2) is 0 Å². The standard InChI is InChI=1S/C19H15F4N3O2/c1-12-10-17(26(25-12)15-6-4-14(20)5-7-15)24-18(27)11-13-2-8-16(9-3-13)28-19(21,22)23/h2-10H,11H2,1H3,(H,24,27). The summed E-state index contributed by atoms with van der Waals surface area (Å²) in [5, 5.41) is 6.98. The quantitative estimate of drug-likeness (QED) is 0.654. The van der Waals surface area contributed by atoms with Gasteiger partial charge in [-0.1, -0.05) is 12.1 Å². The molecule has 0 bridgehead atoms. The average molecular weight is 393 g/mol. The molecule has 5 nitrogen and oxygen atoms in total. The van der Waals surface area contributed by atoms with Crippen molar-refractivity contribution in [2.24, 2.45) is 0 Å². The van der Waals surface area contributed by atoms with Crippen LogP contribution in [0.15, 0.2) is 54.6 Å². The van der Waals surface area contributed by atoms with Crippen molar-refractivity contribution in [2.75, 3.05) is 5.32 Å². The maximum absolute atomic E-state index is 13.1. The van der Waals surface area contributed by atoms with Gasteiger partial charge in [0.1, 0.15) is 17.4 Å². The van der Waals surface area contributed by atoms with Crippen LogP contribution in [0.25, 0.3) is 5.69 Å². The fourth-order valence-corrected chi connectivity index (χ4v) is 2.55. The number of rotatable bonds is 5. The van der Waals surface area contributed by atoms with E-state index in [-0.39, 0.29) is 18.1 Å². The molecule has 0 saturated heterocycles. The number of nitrogens with one attached hydrogen (secondary N) is 1. The summed E-state index contributed by atoms with van der Waals surface area (Å²) in [5.41, 5.74) is 1.73. The maximum Gasteiger partial charge on any atom is 0.573 e. The van der Waals surface area contributed by atoms with Gasteiger partial charge in [-0.2, -0.15) is 5.10 Å². The van der Waals surface area contributed by atoms with Gasteiger partial charge in [0.05, 0.1) is 17.8 Å². The summed E-state index contributed by atoms with van der Waals surface area (Å²) < 4.78 is 54.9. The van der Waals surface area contributed by atoms with Crippen LogP contribution in [0.3, 0.4) is 0 Å². The van der Waals surface area contributed by atoms with Crippen molar-refractivity contribution in [2.45, 2.75) is 19.7 Å². The van der Waals surface area contributed by atoms with Gasteiger partial charge in [-0.15, -0.1) is 13.2 Å². The van der Waals surface area contributed by atoms with Gasteiger partial charge in [-0.05, 0) is 48.9 Å². The topological polar surface area (TPSA) is 56.1 Å². The van der Waals surface area contributed by atoms with Gasteiger partial charge in [0.25, 0.3) is 0 Å². The fourth-order valence-electron chi connectivity index (χ4n) is 2.55. The van der Waals surface area contributed by atoms with Crippen molar-refractivity contribution < 1.29 is 27.1 Å². The molecule has 3 rings (SSSR count). The number of carbonyl (C=O) groups excluding carboxylic acids is 1. The van der Waals surface area contributed by atoms with Crippen molar-refractivity contribution in [3.63, 3.8) is 0 Å². The minimum atomic E-state index is -4.77. The van der Waals surface area contributed by atoms with Crippen LogP contribution < -0.4 is 10.1 Å². The first-order valence-electron chi connectivity index (χ1n) is 8.17. The van der Waals surface area contributed by atoms with E-state index in [0.717, 1.165) is 12.1 Å². The van der Waals surface area contributed by atoms with Crippen LogP contribution in [0.2, 0.25) is 0 Å². The number of halogens is 4. The van der Waals surface area contributed by atoms with Gasteiger partial charge in [-0.3, -0.25) is 4.79 Å². The third-order valence-corrected chi connectivity index (χ3v) is 3.69. The molecule has 0 fully saturated rings. The van der Waals surface area contributed by atoms with Crippen molar-refractivity contribution in [1.29, 1.82) is 0 Å². The Morgan fingerprint density at radius 1 is 1.11 bits per heavy atom. The van der Waals surface area contributed by atoms with Crippen LogP contribution in [0.4, 0.5) is 23.4 Å². The van der Waals surface area contributed by atoms with Gasteiger partial charge in [0.2, 0.25) is 5.91 Å². The van der Waals surface area contributed by atoms with Gasteiger partial charge in [-0.25, -0.2) is 9.07 Å². The number of amides is 1. The molecule has 0 radical (unpaired) electrons. The van der Waals surface area contributed by atoms with Crippen LogP contribution in [0.5, 0.6) is 5.75 Å². The normalized spacial score (nSPS) is 11.3. The molecule has 0 unspecified atom stereocenters. The molecule has 0 atom stereocenters. The number of benzene rings is 2. The zero-order valence-corrected chi connectivity index (χ0v) is 14.6. The van der Waals surface area contributed by atoms with Crippen LogP contribution >= 0.6 is 0 Å². The largest absolute Gasteiger partial charge is 0.573 e. The Morgan fingerprint density at radius 3 is 2.36 bits per heavy atom. The Hall–Kier alpha value is -3.36. The van der Waals surface area contributed by atoms with Crippen molar-refractivity contribution >= 4 is 11.7 Å². The molecule has 0 aliphatic rings. The summed E-state index contributed by atoms with van der Waals surface area (Å²) in [6.07, 6.45) is -4.82. The second-order valence-corrected chi connectivity index (χ2v) is 5.98. The zero-order chi connectivity index (χ0) is 20.3. The van der Waals surface area contributed by atoms with E-state index in [1.807, 2.05) is 0 Å². The molecule has 1 amide bonds. The fraction of sp³-hybridized carbons (Fsp3) is 0.158. The molecule has 0 saturated carbocycles. The molecule has 1 heterocycles. The van der Waals surface area contributed by atoms with Crippen LogP contribution in [0.1, 0.15) is 11.3 Å². The number of aromatic nitrogens is 2. The average Bonchev–Trinajstić information content (AvgIpc) is 2.96. The molecule has 146 valence electrons. The van der Waals surface area contributed by atoms with Crippen molar-refractivity contribution in [3.8, 4) is 11.4 Å². The number of hydrogen-bond acceptors (Lipinski definition) is 3. The number of hydrogen-bond donors (Lipinski definition) is 1. The first-order valence-corrected chi connectivity index (χ1v) is 8.17. The Bertz CT molecular complexity index is 964. The maximum atomic E-state index is 13.1. The summed E-state index contributed by atoms with van der Waals surface area (Å²) in [4.78, 5) is 12.3. The zero-order valence-electron chi connectivity index (χ0n) is 14.6. The Kier molecular flexibility index (Phi) is 5.34. The Balaban J connectivity index is 1.69. The van der Waals surface area contributed by atoms with Gasteiger partial charge in [0, 0.05) is 6.07 Å². The number of aryl methyl sites for hydroxylation is 1. The summed E-state index contributed by atoms with van der Waals surface area (Å²) in [5.74, 6) is -0.739. The minimum absolute atomic E-state index is 0.0556. The highest BCUT2D eigenvalue weighted by Crippen LogP contribution is 2.23. The predicted octanol–water partition coefficient (Wildman–Crippen LogP) is 4.40. The van der Waals surface area contributed by atoms with Crippen molar-refractivity contribution in [3.05, 3.63) is 71.7 Å². The second kappa shape index (κ2) is 7.71. The molecule has 3 aromatic rings. The number of nitrogens with zero attached hydrogens (tertiary/aromatic N) is 2. The lowest BCUT2D eigenvalue weighted by Gasteiger charge is -2.10. The van der Waals surface area contributed by atoms with E-state index in [2.05, 4.69) is 15.2 Å². The van der Waals surface area contributed by atoms with E-state index < -0.39 is 12.2 Å². The predicted molar refractivity (Wildman–Crippen MR) is 93.7 cm³/mol. The van der Waals surface area contributed by atoms with Crippen molar-refractivity contribution in [1.82, 2.24) is 9.78 Å². The van der Waals surface area contributed by atoms with E-state index in [9.17, 15) is 22.4 Å². The lowest BCUT2D eigenvalue weighted by Crippen LogP contribution is -2.18. The third-order valence-electron chi connectivity index (χ3n) is 3.69. The number of anilines is 1. The SMILES string of the molecule is Cc1cc(NC(=O)Cc2ccc(OC(F)(F)F)cc2)n(-c2ccc(F)cc2)n1. The first-order chi connectivity index (χ1) is 13.2. The lowest BCUT2D eigenvalue weighted by atomic mass is 10.1. The Labute approximate surface area is 157 Å². The molecule has 1 N–H and O–H groups in total. The number of carbonyl (C=O) groups is 1. The molecule has 0 aliphatic heterocycles. The Morgan fingerprint density at radius 2 is 1.75 bits per heavy atom. The van der Waals surface area contributed by atoms with E-state index in [1.165, 1.54) is 41.1 Å². The summed E-state index contributed by atoms with van der Waals surface area (Å²) in [6.45, 7) is 1.75. The summed E-state index contributed by atoms with van der Waals surface area (Å²) >= 11 is 0. The molecular formula is C19H15F4N3O2. The van der Waals surface area contributed by atoms with E-state index in [4.69, 9.17) is 0 Å².